The predicted molar refractivity (Wildman–Crippen MR) is 54.5 cm³/mol. The van der Waals surface area contributed by atoms with Gasteiger partial charge in [-0.3, -0.25) is 0 Å². The highest BCUT2D eigenvalue weighted by atomic mass is 16.5. The Balaban J connectivity index is 2.21. The third kappa shape index (κ3) is 1.77. The Hall–Kier alpha value is -2.02. The van der Waals surface area contributed by atoms with Crippen molar-refractivity contribution in [1.29, 1.82) is 5.26 Å². The Morgan fingerprint density at radius 2 is 2.47 bits per heavy atom. The molecule has 0 bridgehead atoms. The second-order valence-electron chi connectivity index (χ2n) is 3.34. The highest BCUT2D eigenvalue weighted by Crippen LogP contribution is 2.27. The van der Waals surface area contributed by atoms with Gasteiger partial charge in [-0.2, -0.15) is 5.26 Å². The Morgan fingerprint density at radius 1 is 1.67 bits per heavy atom. The molecular weight excluding hydrogens is 192 g/mol. The number of anilines is 1. The van der Waals surface area contributed by atoms with E-state index < -0.39 is 0 Å². The fourth-order valence-electron chi connectivity index (χ4n) is 1.46. The standard InChI is InChI=1S/C11H10N2O2/c1-15-11(14)8-3-2-4-9(5-8)13-7-10(13)6-12/h2-5,10H,7H2,1H3. The third-order valence-electron chi connectivity index (χ3n) is 2.36. The number of carbonyl (C=O) groups excluding carboxylic acids is 1. The van der Waals surface area contributed by atoms with E-state index in [1.54, 1.807) is 18.2 Å². The monoisotopic (exact) mass is 202 g/mol. The first kappa shape index (κ1) is 9.53. The minimum atomic E-state index is -0.354. The van der Waals surface area contributed by atoms with Crippen LogP contribution in [0.25, 0.3) is 0 Å². The van der Waals surface area contributed by atoms with E-state index in [1.807, 2.05) is 11.0 Å². The molecule has 0 amide bonds. The maximum Gasteiger partial charge on any atom is 0.337 e. The van der Waals surface area contributed by atoms with Gasteiger partial charge < -0.3 is 9.64 Å². The summed E-state index contributed by atoms with van der Waals surface area (Å²) in [5.74, 6) is -0.354. The van der Waals surface area contributed by atoms with Gasteiger partial charge in [-0.25, -0.2) is 4.79 Å². The largest absolute Gasteiger partial charge is 0.465 e. The van der Waals surface area contributed by atoms with Crippen LogP contribution in [0.5, 0.6) is 0 Å². The van der Waals surface area contributed by atoms with Gasteiger partial charge in [-0.05, 0) is 18.2 Å². The van der Waals surface area contributed by atoms with E-state index in [4.69, 9.17) is 5.26 Å². The summed E-state index contributed by atoms with van der Waals surface area (Å²) in [5, 5.41) is 8.68. The minimum absolute atomic E-state index is 0.0436. The molecule has 0 N–H and O–H groups in total. The van der Waals surface area contributed by atoms with Crippen LogP contribution in [-0.2, 0) is 4.74 Å². The molecule has 0 radical (unpaired) electrons. The Morgan fingerprint density at radius 3 is 3.07 bits per heavy atom. The van der Waals surface area contributed by atoms with Crippen molar-refractivity contribution in [3.8, 4) is 6.07 Å². The topological polar surface area (TPSA) is 53.1 Å². The molecule has 4 nitrogen and oxygen atoms in total. The van der Waals surface area contributed by atoms with E-state index in [2.05, 4.69) is 10.8 Å². The van der Waals surface area contributed by atoms with E-state index >= 15 is 0 Å². The number of carbonyl (C=O) groups is 1. The SMILES string of the molecule is COC(=O)c1cccc(N2CC2C#N)c1. The molecule has 1 aliphatic heterocycles. The van der Waals surface area contributed by atoms with Crippen LogP contribution in [0.15, 0.2) is 24.3 Å². The number of nitrogens with zero attached hydrogens (tertiary/aromatic N) is 2. The number of hydrogen-bond donors (Lipinski definition) is 0. The lowest BCUT2D eigenvalue weighted by Gasteiger charge is -2.04. The van der Waals surface area contributed by atoms with Crippen LogP contribution in [0.2, 0.25) is 0 Å². The van der Waals surface area contributed by atoms with Crippen molar-refractivity contribution >= 4 is 11.7 Å². The van der Waals surface area contributed by atoms with Crippen LogP contribution in [0.1, 0.15) is 10.4 Å². The molecule has 0 saturated carbocycles. The Labute approximate surface area is 87.7 Å². The maximum absolute atomic E-state index is 11.3. The average Bonchev–Trinajstić information content (AvgIpc) is 3.07. The molecule has 1 atom stereocenters. The smallest absolute Gasteiger partial charge is 0.337 e. The van der Waals surface area contributed by atoms with Crippen LogP contribution in [0.4, 0.5) is 5.69 Å². The number of hydrogen-bond acceptors (Lipinski definition) is 4. The number of esters is 1. The van der Waals surface area contributed by atoms with Crippen molar-refractivity contribution in [3.05, 3.63) is 29.8 Å². The van der Waals surface area contributed by atoms with Gasteiger partial charge in [0.25, 0.3) is 0 Å². The van der Waals surface area contributed by atoms with Crippen LogP contribution in [0.3, 0.4) is 0 Å². The number of benzene rings is 1. The molecular formula is C11H10N2O2. The lowest BCUT2D eigenvalue weighted by Crippen LogP contribution is -2.03. The third-order valence-corrected chi connectivity index (χ3v) is 2.36. The fourth-order valence-corrected chi connectivity index (χ4v) is 1.46. The summed E-state index contributed by atoms with van der Waals surface area (Å²) in [6.45, 7) is 0.737. The van der Waals surface area contributed by atoms with Crippen molar-refractivity contribution in [1.82, 2.24) is 0 Å². The molecule has 1 aromatic rings. The van der Waals surface area contributed by atoms with Gasteiger partial charge in [0.2, 0.25) is 0 Å². The molecule has 1 aliphatic rings. The zero-order chi connectivity index (χ0) is 10.8. The van der Waals surface area contributed by atoms with E-state index in [1.165, 1.54) is 7.11 Å². The van der Waals surface area contributed by atoms with Gasteiger partial charge in [-0.15, -0.1) is 0 Å². The summed E-state index contributed by atoms with van der Waals surface area (Å²) >= 11 is 0. The highest BCUT2D eigenvalue weighted by molar-refractivity contribution is 5.90. The zero-order valence-electron chi connectivity index (χ0n) is 8.30. The molecule has 0 spiro atoms. The summed E-state index contributed by atoms with van der Waals surface area (Å²) in [5.41, 5.74) is 1.41. The lowest BCUT2D eigenvalue weighted by molar-refractivity contribution is 0.0601. The van der Waals surface area contributed by atoms with Gasteiger partial charge in [-0.1, -0.05) is 6.07 Å². The van der Waals surface area contributed by atoms with E-state index in [9.17, 15) is 4.79 Å². The number of methoxy groups -OCH3 is 1. The molecule has 2 rings (SSSR count). The van der Waals surface area contributed by atoms with Crippen LogP contribution >= 0.6 is 0 Å². The molecule has 1 fully saturated rings. The molecule has 1 heterocycles. The Bertz CT molecular complexity index is 436. The van der Waals surface area contributed by atoms with Crippen molar-refractivity contribution in [2.75, 3.05) is 18.6 Å². The van der Waals surface area contributed by atoms with E-state index in [0.717, 1.165) is 12.2 Å². The predicted octanol–water partition coefficient (Wildman–Crippen LogP) is 1.19. The van der Waals surface area contributed by atoms with Crippen LogP contribution in [-0.4, -0.2) is 25.7 Å². The summed E-state index contributed by atoms with van der Waals surface area (Å²) in [6, 6.07) is 9.22. The number of nitriles is 1. The van der Waals surface area contributed by atoms with Gasteiger partial charge in [0.05, 0.1) is 25.3 Å². The fraction of sp³-hybridized carbons (Fsp3) is 0.273. The van der Waals surface area contributed by atoms with Crippen molar-refractivity contribution < 1.29 is 9.53 Å². The number of ether oxygens (including phenoxy) is 1. The van der Waals surface area contributed by atoms with Crippen LogP contribution < -0.4 is 4.90 Å². The first-order valence-electron chi connectivity index (χ1n) is 4.61. The first-order valence-corrected chi connectivity index (χ1v) is 4.61. The van der Waals surface area contributed by atoms with Crippen molar-refractivity contribution in [2.45, 2.75) is 6.04 Å². The molecule has 1 unspecified atom stereocenters. The lowest BCUT2D eigenvalue weighted by atomic mass is 10.2. The van der Waals surface area contributed by atoms with Crippen molar-refractivity contribution in [3.63, 3.8) is 0 Å². The molecule has 4 heteroatoms. The minimum Gasteiger partial charge on any atom is -0.465 e. The molecule has 0 aromatic heterocycles. The maximum atomic E-state index is 11.3. The summed E-state index contributed by atoms with van der Waals surface area (Å²) < 4.78 is 4.62. The molecule has 1 aromatic carbocycles. The molecule has 1 saturated heterocycles. The molecule has 76 valence electrons. The normalized spacial score (nSPS) is 18.1. The quantitative estimate of drug-likeness (QED) is 0.534. The molecule has 0 aliphatic carbocycles. The van der Waals surface area contributed by atoms with Crippen LogP contribution in [0, 0.1) is 11.3 Å². The van der Waals surface area contributed by atoms with E-state index in [0.29, 0.717) is 5.56 Å². The summed E-state index contributed by atoms with van der Waals surface area (Å²) in [6.07, 6.45) is 0. The van der Waals surface area contributed by atoms with Crippen molar-refractivity contribution in [2.24, 2.45) is 0 Å². The Kier molecular flexibility index (Phi) is 2.30. The second-order valence-corrected chi connectivity index (χ2v) is 3.34. The second kappa shape index (κ2) is 3.62. The van der Waals surface area contributed by atoms with Gasteiger partial charge >= 0.3 is 5.97 Å². The van der Waals surface area contributed by atoms with Gasteiger partial charge in [0.15, 0.2) is 0 Å². The summed E-state index contributed by atoms with van der Waals surface area (Å²) in [7, 11) is 1.35. The molecule has 15 heavy (non-hydrogen) atoms. The number of rotatable bonds is 2. The average molecular weight is 202 g/mol. The van der Waals surface area contributed by atoms with Gasteiger partial charge in [0, 0.05) is 5.69 Å². The van der Waals surface area contributed by atoms with E-state index in [-0.39, 0.29) is 12.0 Å². The summed E-state index contributed by atoms with van der Waals surface area (Å²) in [4.78, 5) is 13.2. The highest BCUT2D eigenvalue weighted by Gasteiger charge is 2.34. The first-order chi connectivity index (χ1) is 7.26. The van der Waals surface area contributed by atoms with Gasteiger partial charge in [0.1, 0.15) is 6.04 Å². The zero-order valence-corrected chi connectivity index (χ0v) is 8.30.